The predicted octanol–water partition coefficient (Wildman–Crippen LogP) is 1.94. The minimum absolute atomic E-state index is 1.50. The van der Waals surface area contributed by atoms with Crippen LogP contribution in [0, 0.1) is 0 Å². The second-order valence-corrected chi connectivity index (χ2v) is 3.65. The molecule has 0 aliphatic carbocycles. The Bertz CT molecular complexity index is 343. The van der Waals surface area contributed by atoms with Crippen molar-refractivity contribution in [3.8, 4) is 0 Å². The Labute approximate surface area is 81.8 Å². The van der Waals surface area contributed by atoms with E-state index in [1.807, 2.05) is 0 Å². The first-order valence-electron chi connectivity index (χ1n) is 2.84. The fourth-order valence-electron chi connectivity index (χ4n) is 0.390. The molecule has 0 aliphatic heterocycles. The summed E-state index contributed by atoms with van der Waals surface area (Å²) in [5, 5.41) is -6.55. The molecule has 0 spiro atoms. The second kappa shape index (κ2) is 3.96. The zero-order valence-electron chi connectivity index (χ0n) is 6.56. The van der Waals surface area contributed by atoms with Crippen LogP contribution in [0.3, 0.4) is 0 Å². The van der Waals surface area contributed by atoms with Crippen molar-refractivity contribution in [1.29, 1.82) is 0 Å². The van der Waals surface area contributed by atoms with Crippen LogP contribution in [-0.4, -0.2) is 26.1 Å². The van der Waals surface area contributed by atoms with E-state index < -0.39 is 27.8 Å². The lowest BCUT2D eigenvalue weighted by molar-refractivity contribution is -0.453. The van der Waals surface area contributed by atoms with Gasteiger partial charge in [0, 0.05) is 0 Å². The molecule has 0 heterocycles. The van der Waals surface area contributed by atoms with Gasteiger partial charge >= 0.3 is 27.8 Å². The van der Waals surface area contributed by atoms with E-state index in [-0.39, 0.29) is 0 Å². The Hall–Kier alpha value is -0.690. The summed E-state index contributed by atoms with van der Waals surface area (Å²) in [5.74, 6) is 0. The van der Waals surface area contributed by atoms with Crippen molar-refractivity contribution < 1.29 is 52.8 Å². The highest BCUT2D eigenvalue weighted by Crippen LogP contribution is 2.43. The van der Waals surface area contributed by atoms with Gasteiger partial charge in [0.15, 0.2) is 0 Å². The molecule has 0 fully saturated rings. The molecule has 13 heteroatoms. The molecule has 0 aromatic rings. The van der Waals surface area contributed by atoms with E-state index in [1.54, 1.807) is 4.74 Å². The van der Waals surface area contributed by atoms with Crippen LogP contribution in [0.2, 0.25) is 0 Å². The van der Waals surface area contributed by atoms with Crippen molar-refractivity contribution in [2.24, 2.45) is 0 Å². The van der Waals surface area contributed by atoms with Crippen LogP contribution in [0.25, 0.3) is 0 Å². The number of hydrogen-bond acceptors (Lipinski definition) is 4. The second-order valence-electron chi connectivity index (χ2n) is 2.10. The van der Waals surface area contributed by atoms with Crippen LogP contribution in [0.1, 0.15) is 0 Å². The van der Waals surface area contributed by atoms with E-state index in [1.165, 1.54) is 4.39 Å². The highest BCUT2D eigenvalue weighted by atomic mass is 32.2. The van der Waals surface area contributed by atoms with E-state index >= 15 is 0 Å². The lowest BCUT2D eigenvalue weighted by Gasteiger charge is -2.24. The molecule has 98 valence electrons. The maximum absolute atomic E-state index is 12.2. The first-order chi connectivity index (χ1) is 6.77. The summed E-state index contributed by atoms with van der Waals surface area (Å²) in [6.07, 6.45) is -12.8. The van der Waals surface area contributed by atoms with E-state index in [9.17, 15) is 43.7 Å². The summed E-state index contributed by atoms with van der Waals surface area (Å²) in [6.45, 7) is 0. The van der Waals surface area contributed by atoms with Gasteiger partial charge in [0.2, 0.25) is 0 Å². The number of ether oxygens (including phenoxy) is 1. The first-order valence-corrected chi connectivity index (χ1v) is 4.25. The molecular weight excluding hydrogens is 284 g/mol. The van der Waals surface area contributed by atoms with Crippen molar-refractivity contribution in [3.63, 3.8) is 0 Å². The average molecular weight is 284 g/mol. The van der Waals surface area contributed by atoms with E-state index in [0.717, 1.165) is 0 Å². The lowest BCUT2D eigenvalue weighted by atomic mass is 10.6. The molecule has 0 radical (unpaired) electrons. The maximum Gasteiger partial charge on any atom is 0.527 e. The molecular formula is C3F8O4S. The van der Waals surface area contributed by atoms with Gasteiger partial charge in [-0.05, 0) is 4.53 Å². The SMILES string of the molecule is O=S(=O)(OF)C(F)(F)C(F)(F)OC(F)(F)F. The third kappa shape index (κ3) is 2.91. The third-order valence-electron chi connectivity index (χ3n) is 0.980. The fraction of sp³-hybridized carbons (Fsp3) is 1.00. The van der Waals surface area contributed by atoms with Gasteiger partial charge in [0.05, 0.1) is 0 Å². The number of halogens is 8. The molecule has 0 rings (SSSR count). The summed E-state index contributed by atoms with van der Waals surface area (Å²) < 4.78 is 116. The van der Waals surface area contributed by atoms with Crippen molar-refractivity contribution in [2.45, 2.75) is 17.7 Å². The van der Waals surface area contributed by atoms with Crippen LogP contribution < -0.4 is 0 Å². The highest BCUT2D eigenvalue weighted by molar-refractivity contribution is 7.87. The van der Waals surface area contributed by atoms with Gasteiger partial charge in [0.25, 0.3) is 0 Å². The minimum Gasteiger partial charge on any atom is -0.220 e. The van der Waals surface area contributed by atoms with Crippen molar-refractivity contribution in [2.75, 3.05) is 0 Å². The van der Waals surface area contributed by atoms with Gasteiger partial charge in [-0.1, -0.05) is 4.39 Å². The van der Waals surface area contributed by atoms with Crippen LogP contribution in [0.4, 0.5) is 35.3 Å². The molecule has 0 saturated carbocycles. The monoisotopic (exact) mass is 284 g/mol. The molecule has 0 unspecified atom stereocenters. The largest absolute Gasteiger partial charge is 0.527 e. The molecule has 0 amide bonds. The molecule has 4 nitrogen and oxygen atoms in total. The molecule has 0 aromatic carbocycles. The van der Waals surface area contributed by atoms with Crippen molar-refractivity contribution in [3.05, 3.63) is 0 Å². The quantitative estimate of drug-likeness (QED) is 0.740. The third-order valence-corrected chi connectivity index (χ3v) is 2.01. The summed E-state index contributed by atoms with van der Waals surface area (Å²) in [5.41, 5.74) is 0. The Morgan fingerprint density at radius 3 is 1.50 bits per heavy atom. The minimum atomic E-state index is -6.90. The van der Waals surface area contributed by atoms with Crippen LogP contribution in [-0.2, 0) is 19.2 Å². The molecule has 0 bridgehead atoms. The van der Waals surface area contributed by atoms with Crippen molar-refractivity contribution >= 4 is 10.1 Å². The number of alkyl halides is 7. The molecule has 16 heavy (non-hydrogen) atoms. The first kappa shape index (κ1) is 15.3. The van der Waals surface area contributed by atoms with Gasteiger partial charge in [-0.25, -0.2) is 4.74 Å². The lowest BCUT2D eigenvalue weighted by Crippen LogP contribution is -2.51. The Balaban J connectivity index is 5.31. The van der Waals surface area contributed by atoms with E-state index in [0.29, 0.717) is 0 Å². The van der Waals surface area contributed by atoms with Crippen LogP contribution in [0.5, 0.6) is 0 Å². The summed E-state index contributed by atoms with van der Waals surface area (Å²) in [4.78, 5) is 0. The van der Waals surface area contributed by atoms with Gasteiger partial charge in [0.1, 0.15) is 0 Å². The Morgan fingerprint density at radius 2 is 1.25 bits per heavy atom. The fourth-order valence-corrected chi connectivity index (χ4v) is 0.802. The highest BCUT2D eigenvalue weighted by Gasteiger charge is 2.72. The molecule has 0 aromatic heterocycles. The number of hydrogen-bond donors (Lipinski definition) is 0. The van der Waals surface area contributed by atoms with Gasteiger partial charge < -0.3 is 0 Å². The van der Waals surface area contributed by atoms with Gasteiger partial charge in [-0.3, -0.25) is 0 Å². The predicted molar refractivity (Wildman–Crippen MR) is 28.1 cm³/mol. The zero-order valence-corrected chi connectivity index (χ0v) is 7.38. The number of rotatable bonds is 4. The van der Waals surface area contributed by atoms with E-state index in [2.05, 4.69) is 0 Å². The zero-order chi connectivity index (χ0) is 13.4. The normalized spacial score (nSPS) is 15.2. The van der Waals surface area contributed by atoms with Gasteiger partial charge in [-0.15, -0.1) is 13.2 Å². The van der Waals surface area contributed by atoms with Crippen molar-refractivity contribution in [1.82, 2.24) is 0 Å². The topological polar surface area (TPSA) is 52.6 Å². The Morgan fingerprint density at radius 1 is 0.875 bits per heavy atom. The van der Waals surface area contributed by atoms with Crippen LogP contribution in [0.15, 0.2) is 0 Å². The summed E-state index contributed by atoms with van der Waals surface area (Å²) in [7, 11) is -6.90. The molecule has 0 atom stereocenters. The standard InChI is InChI=1S/C3F8O4S/c4-1(5,14-3(8,9)10)2(6,7)16(12,13)15-11. The summed E-state index contributed by atoms with van der Waals surface area (Å²) in [6, 6.07) is 0. The smallest absolute Gasteiger partial charge is 0.220 e. The Kier molecular flexibility index (Phi) is 3.79. The molecule has 0 aliphatic rings. The van der Waals surface area contributed by atoms with E-state index in [4.69, 9.17) is 0 Å². The molecule has 0 saturated heterocycles. The average Bonchev–Trinajstić information content (AvgIpc) is 1.99. The molecule has 0 N–H and O–H groups in total. The van der Waals surface area contributed by atoms with Gasteiger partial charge in [-0.2, -0.15) is 26.0 Å². The summed E-state index contributed by atoms with van der Waals surface area (Å²) >= 11 is 0. The maximum atomic E-state index is 12.2. The van der Waals surface area contributed by atoms with Crippen LogP contribution >= 0.6 is 0 Å².